The Morgan fingerprint density at radius 2 is 1.42 bits per heavy atom. The fraction of sp³-hybridized carbons (Fsp3) is 0.342. The van der Waals surface area contributed by atoms with E-state index in [-0.39, 0.29) is 12.1 Å². The number of carbonyl (C=O) groups excluding carboxylic acids is 1. The lowest BCUT2D eigenvalue weighted by atomic mass is 9.96. The first-order chi connectivity index (χ1) is 21.2. The fourth-order valence-electron chi connectivity index (χ4n) is 6.68. The van der Waals surface area contributed by atoms with Gasteiger partial charge in [-0.2, -0.15) is 0 Å². The molecule has 2 aliphatic rings. The van der Waals surface area contributed by atoms with Crippen LogP contribution in [0.5, 0.6) is 0 Å². The third-order valence-electron chi connectivity index (χ3n) is 9.08. The Balaban J connectivity index is 1.19. The highest BCUT2D eigenvalue weighted by Crippen LogP contribution is 2.29. The summed E-state index contributed by atoms with van der Waals surface area (Å²) in [7, 11) is 0. The predicted octanol–water partition coefficient (Wildman–Crippen LogP) is 8.08. The highest BCUT2D eigenvalue weighted by Gasteiger charge is 2.29. The van der Waals surface area contributed by atoms with E-state index in [4.69, 9.17) is 0 Å². The second-order valence-electron chi connectivity index (χ2n) is 12.1. The monoisotopic (exact) mass is 572 g/mol. The van der Waals surface area contributed by atoms with Crippen molar-refractivity contribution in [1.82, 2.24) is 15.1 Å². The van der Waals surface area contributed by atoms with Crippen LogP contribution in [0.25, 0.3) is 11.1 Å². The van der Waals surface area contributed by atoms with Crippen LogP contribution >= 0.6 is 0 Å². The van der Waals surface area contributed by atoms with Crippen LogP contribution < -0.4 is 10.6 Å². The number of para-hydroxylation sites is 1. The molecule has 0 atom stereocenters. The van der Waals surface area contributed by atoms with Crippen molar-refractivity contribution >= 4 is 11.7 Å². The average molecular weight is 573 g/mol. The summed E-state index contributed by atoms with van der Waals surface area (Å²) < 4.78 is 0. The van der Waals surface area contributed by atoms with Gasteiger partial charge in [-0.25, -0.2) is 4.79 Å². The summed E-state index contributed by atoms with van der Waals surface area (Å²) in [6.07, 6.45) is 7.17. The molecule has 4 aromatic rings. The summed E-state index contributed by atoms with van der Waals surface area (Å²) in [4.78, 5) is 18.5. The van der Waals surface area contributed by atoms with E-state index in [1.165, 1.54) is 53.5 Å². The zero-order valence-corrected chi connectivity index (χ0v) is 25.1. The van der Waals surface area contributed by atoms with Crippen LogP contribution in [0.3, 0.4) is 0 Å². The maximum absolute atomic E-state index is 13.9. The minimum atomic E-state index is -0.0305. The number of carbonyl (C=O) groups is 1. The van der Waals surface area contributed by atoms with Gasteiger partial charge in [-0.05, 0) is 71.7 Å². The van der Waals surface area contributed by atoms with E-state index in [1.807, 2.05) is 30.3 Å². The van der Waals surface area contributed by atoms with Gasteiger partial charge in [0.05, 0.1) is 0 Å². The number of anilines is 1. The van der Waals surface area contributed by atoms with E-state index in [1.54, 1.807) is 0 Å². The van der Waals surface area contributed by atoms with Crippen molar-refractivity contribution in [2.75, 3.05) is 18.4 Å². The largest absolute Gasteiger partial charge is 0.322 e. The Hall–Kier alpha value is -3.93. The van der Waals surface area contributed by atoms with Gasteiger partial charge in [0, 0.05) is 50.5 Å². The highest BCUT2D eigenvalue weighted by molar-refractivity contribution is 5.89. The van der Waals surface area contributed by atoms with Crippen LogP contribution in [0.15, 0.2) is 109 Å². The van der Waals surface area contributed by atoms with Gasteiger partial charge in [-0.3, -0.25) is 4.90 Å². The number of nitrogens with zero attached hydrogens (tertiary/aromatic N) is 2. The van der Waals surface area contributed by atoms with E-state index in [9.17, 15) is 4.79 Å². The van der Waals surface area contributed by atoms with Crippen LogP contribution in [0.2, 0.25) is 0 Å². The second kappa shape index (κ2) is 14.5. The molecule has 1 saturated heterocycles. The molecule has 0 radical (unpaired) electrons. The highest BCUT2D eigenvalue weighted by atomic mass is 16.2. The molecule has 1 aliphatic carbocycles. The first kappa shape index (κ1) is 29.2. The Bertz CT molecular complexity index is 1440. The number of hydrogen-bond acceptors (Lipinski definition) is 3. The summed E-state index contributed by atoms with van der Waals surface area (Å²) in [6.45, 7) is 4.38. The van der Waals surface area contributed by atoms with Gasteiger partial charge >= 0.3 is 6.03 Å². The molecule has 43 heavy (non-hydrogen) atoms. The van der Waals surface area contributed by atoms with Crippen molar-refractivity contribution in [3.05, 3.63) is 126 Å². The van der Waals surface area contributed by atoms with Crippen molar-refractivity contribution in [1.29, 1.82) is 0 Å². The molecule has 0 aromatic heterocycles. The molecule has 0 spiro atoms. The topological polar surface area (TPSA) is 47.6 Å². The molecular formula is C38H44N4O. The number of likely N-dealkylation sites (tertiary alicyclic amines) is 1. The summed E-state index contributed by atoms with van der Waals surface area (Å²) in [5.41, 5.74) is 7.07. The van der Waals surface area contributed by atoms with Gasteiger partial charge in [0.1, 0.15) is 0 Å². The predicted molar refractivity (Wildman–Crippen MR) is 177 cm³/mol. The van der Waals surface area contributed by atoms with E-state index in [0.717, 1.165) is 44.7 Å². The maximum Gasteiger partial charge on any atom is 0.322 e. The van der Waals surface area contributed by atoms with Crippen LogP contribution in [-0.2, 0) is 19.6 Å². The first-order valence-corrected chi connectivity index (χ1v) is 16.0. The van der Waals surface area contributed by atoms with E-state index >= 15 is 0 Å². The Kier molecular flexibility index (Phi) is 9.83. The number of benzene rings is 4. The van der Waals surface area contributed by atoms with E-state index in [2.05, 4.69) is 99.3 Å². The van der Waals surface area contributed by atoms with Gasteiger partial charge in [-0.1, -0.05) is 104 Å². The van der Waals surface area contributed by atoms with Crippen LogP contribution in [-0.4, -0.2) is 41.0 Å². The van der Waals surface area contributed by atoms with E-state index < -0.39 is 0 Å². The molecule has 222 valence electrons. The lowest BCUT2D eigenvalue weighted by molar-refractivity contribution is 0.120. The number of nitrogens with one attached hydrogen (secondary N) is 2. The van der Waals surface area contributed by atoms with Crippen LogP contribution in [0, 0.1) is 0 Å². The minimum absolute atomic E-state index is 0.0305. The minimum Gasteiger partial charge on any atom is -0.317 e. The molecule has 2 amide bonds. The molecule has 1 saturated carbocycles. The van der Waals surface area contributed by atoms with Gasteiger partial charge in [-0.15, -0.1) is 0 Å². The molecule has 1 heterocycles. The van der Waals surface area contributed by atoms with Gasteiger partial charge in [0.15, 0.2) is 0 Å². The summed E-state index contributed by atoms with van der Waals surface area (Å²) in [6, 6.07) is 38.8. The van der Waals surface area contributed by atoms with Crippen LogP contribution in [0.1, 0.15) is 55.2 Å². The third-order valence-corrected chi connectivity index (χ3v) is 9.08. The lowest BCUT2D eigenvalue weighted by Crippen LogP contribution is -2.48. The smallest absolute Gasteiger partial charge is 0.317 e. The first-order valence-electron chi connectivity index (χ1n) is 16.0. The zero-order chi connectivity index (χ0) is 29.3. The molecular weight excluding hydrogens is 528 g/mol. The number of amides is 2. The molecule has 4 aromatic carbocycles. The molecule has 6 rings (SSSR count). The van der Waals surface area contributed by atoms with E-state index in [0.29, 0.717) is 12.6 Å². The quantitative estimate of drug-likeness (QED) is 0.202. The maximum atomic E-state index is 13.9. The summed E-state index contributed by atoms with van der Waals surface area (Å²) in [5.74, 6) is 0. The van der Waals surface area contributed by atoms with Crippen LogP contribution in [0.4, 0.5) is 10.5 Å². The number of hydrogen-bond donors (Lipinski definition) is 2. The molecule has 0 unspecified atom stereocenters. The number of rotatable bonds is 10. The molecule has 2 fully saturated rings. The molecule has 0 bridgehead atoms. The molecule has 1 aliphatic heterocycles. The fourth-order valence-corrected chi connectivity index (χ4v) is 6.68. The molecule has 2 N–H and O–H groups in total. The van der Waals surface area contributed by atoms with Crippen molar-refractivity contribution in [2.24, 2.45) is 0 Å². The Morgan fingerprint density at radius 3 is 2.19 bits per heavy atom. The normalized spacial score (nSPS) is 16.3. The Labute approximate surface area is 256 Å². The number of urea groups is 1. The molecule has 5 heteroatoms. The van der Waals surface area contributed by atoms with Gasteiger partial charge in [0.25, 0.3) is 0 Å². The Morgan fingerprint density at radius 1 is 0.744 bits per heavy atom. The van der Waals surface area contributed by atoms with Gasteiger partial charge in [0.2, 0.25) is 0 Å². The lowest BCUT2D eigenvalue weighted by Gasteiger charge is -2.39. The van der Waals surface area contributed by atoms with Gasteiger partial charge < -0.3 is 15.5 Å². The zero-order valence-electron chi connectivity index (χ0n) is 25.1. The summed E-state index contributed by atoms with van der Waals surface area (Å²) in [5, 5.41) is 6.95. The third kappa shape index (κ3) is 7.92. The summed E-state index contributed by atoms with van der Waals surface area (Å²) >= 11 is 0. The van der Waals surface area contributed by atoms with Crippen molar-refractivity contribution in [3.8, 4) is 11.1 Å². The molecule has 5 nitrogen and oxygen atoms in total. The van der Waals surface area contributed by atoms with Crippen molar-refractivity contribution in [2.45, 2.75) is 70.2 Å². The van der Waals surface area contributed by atoms with Crippen molar-refractivity contribution < 1.29 is 4.79 Å². The number of piperidine rings is 1. The second-order valence-corrected chi connectivity index (χ2v) is 12.1. The SMILES string of the molecule is O=C(Nc1ccccc1)N(Cc1ccccc1-c1cccc(CNC2CCCC2)c1)C1CCN(Cc2ccccc2)CC1. The van der Waals surface area contributed by atoms with Crippen molar-refractivity contribution in [3.63, 3.8) is 0 Å². The standard InChI is InChI=1S/C38H44N4O/c43-38(40-35-19-5-2-6-20-35)42(36-22-24-41(25-23-36)28-30-12-3-1-4-13-30)29-33-15-7-10-21-37(33)32-16-11-14-31(26-32)27-39-34-17-8-9-18-34/h1-7,10-16,19-21,26,34,36,39H,8-9,17-18,22-25,27-29H2,(H,40,43). The average Bonchev–Trinajstić information content (AvgIpc) is 3.58.